The van der Waals surface area contributed by atoms with Crippen molar-refractivity contribution in [1.29, 1.82) is 0 Å². The van der Waals surface area contributed by atoms with Crippen molar-refractivity contribution in [2.24, 2.45) is 5.92 Å². The number of anilines is 2. The van der Waals surface area contributed by atoms with E-state index in [1.54, 1.807) is 16.8 Å². The highest BCUT2D eigenvalue weighted by molar-refractivity contribution is 5.78. The van der Waals surface area contributed by atoms with Crippen molar-refractivity contribution in [2.75, 3.05) is 25.5 Å². The van der Waals surface area contributed by atoms with Crippen LogP contribution in [0.2, 0.25) is 0 Å². The molecule has 1 aliphatic carbocycles. The van der Waals surface area contributed by atoms with Crippen LogP contribution in [0.5, 0.6) is 5.75 Å². The number of likely N-dealkylation sites (tertiary alicyclic amines) is 1. The van der Waals surface area contributed by atoms with Crippen molar-refractivity contribution in [2.45, 2.75) is 44.8 Å². The molecule has 2 aliphatic rings. The Morgan fingerprint density at radius 2 is 1.86 bits per heavy atom. The van der Waals surface area contributed by atoms with Crippen molar-refractivity contribution in [3.8, 4) is 28.9 Å². The topological polar surface area (TPSA) is 98.3 Å². The molecule has 9 heteroatoms. The first-order valence-corrected chi connectivity index (χ1v) is 15.2. The van der Waals surface area contributed by atoms with E-state index in [4.69, 9.17) is 14.1 Å². The molecule has 7 rings (SSSR count). The minimum atomic E-state index is -0.214. The molecule has 1 unspecified atom stereocenters. The second-order valence-electron chi connectivity index (χ2n) is 11.6. The minimum Gasteiger partial charge on any atom is -0.489 e. The van der Waals surface area contributed by atoms with Crippen LogP contribution in [-0.4, -0.2) is 50.7 Å². The van der Waals surface area contributed by atoms with Gasteiger partial charge in [0.05, 0.1) is 12.1 Å². The predicted octanol–water partition coefficient (Wildman–Crippen LogP) is 5.86. The lowest BCUT2D eigenvalue weighted by molar-refractivity contribution is 0.208. The molecule has 222 valence electrons. The molecule has 1 aliphatic heterocycles. The standard InChI is InChI=1S/C35H34N6O3/c1-40-18-17-30(21-40)44-29-15-13-28(14-16-29)38-35-36-20-27-19-26(12-11-24-7-5-6-8-24)34(42)41(33(27)39-35)22-31-32(43-23-37-31)25-9-3-2-4-10-25/h2-4,9-10,13-16,19-20,23-24,30H,5-8,17-18,21-22H2,1H3,(H,36,38,39). The van der Waals surface area contributed by atoms with Crippen LogP contribution in [0.1, 0.15) is 43.4 Å². The second-order valence-corrected chi connectivity index (χ2v) is 11.6. The Morgan fingerprint density at radius 3 is 2.64 bits per heavy atom. The van der Waals surface area contributed by atoms with Crippen LogP contribution in [0.3, 0.4) is 0 Å². The zero-order valence-electron chi connectivity index (χ0n) is 24.7. The molecular formula is C35H34N6O3. The highest BCUT2D eigenvalue weighted by Crippen LogP contribution is 2.26. The highest BCUT2D eigenvalue weighted by Gasteiger charge is 2.21. The molecule has 0 amide bonds. The first-order chi connectivity index (χ1) is 21.6. The van der Waals surface area contributed by atoms with Gasteiger partial charge in [0.15, 0.2) is 12.2 Å². The Hall–Kier alpha value is -4.94. The van der Waals surface area contributed by atoms with Gasteiger partial charge in [0.2, 0.25) is 5.95 Å². The molecule has 1 N–H and O–H groups in total. The smallest absolute Gasteiger partial charge is 0.268 e. The first kappa shape index (κ1) is 27.9. The molecule has 1 atom stereocenters. The van der Waals surface area contributed by atoms with Crippen LogP contribution in [0.15, 0.2) is 82.5 Å². The minimum absolute atomic E-state index is 0.174. The van der Waals surface area contributed by atoms with Crippen LogP contribution >= 0.6 is 0 Å². The van der Waals surface area contributed by atoms with E-state index in [0.29, 0.717) is 34.5 Å². The van der Waals surface area contributed by atoms with Gasteiger partial charge in [-0.1, -0.05) is 55.0 Å². The molecule has 44 heavy (non-hydrogen) atoms. The molecule has 9 nitrogen and oxygen atoms in total. The average molecular weight is 587 g/mol. The number of rotatable bonds is 7. The zero-order valence-corrected chi connectivity index (χ0v) is 24.7. The Kier molecular flexibility index (Phi) is 7.82. The molecule has 3 aromatic heterocycles. The summed E-state index contributed by atoms with van der Waals surface area (Å²) in [4.78, 5) is 30.1. The summed E-state index contributed by atoms with van der Waals surface area (Å²) in [6, 6.07) is 19.3. The van der Waals surface area contributed by atoms with E-state index in [2.05, 4.69) is 39.1 Å². The van der Waals surface area contributed by atoms with Gasteiger partial charge in [-0.3, -0.25) is 9.36 Å². The molecule has 0 radical (unpaired) electrons. The van der Waals surface area contributed by atoms with Crippen molar-refractivity contribution < 1.29 is 9.15 Å². The van der Waals surface area contributed by atoms with E-state index >= 15 is 0 Å². The summed E-state index contributed by atoms with van der Waals surface area (Å²) in [5.41, 5.74) is 3.05. The maximum atomic E-state index is 13.9. The first-order valence-electron chi connectivity index (χ1n) is 15.2. The molecular weight excluding hydrogens is 552 g/mol. The number of nitrogens with one attached hydrogen (secondary N) is 1. The molecule has 1 saturated heterocycles. The van der Waals surface area contributed by atoms with Crippen molar-refractivity contribution >= 4 is 22.7 Å². The maximum absolute atomic E-state index is 13.9. The summed E-state index contributed by atoms with van der Waals surface area (Å²) in [7, 11) is 2.11. The maximum Gasteiger partial charge on any atom is 0.268 e. The van der Waals surface area contributed by atoms with E-state index in [1.165, 1.54) is 19.2 Å². The largest absolute Gasteiger partial charge is 0.489 e. The van der Waals surface area contributed by atoms with Gasteiger partial charge in [0.25, 0.3) is 5.56 Å². The zero-order chi connectivity index (χ0) is 29.9. The van der Waals surface area contributed by atoms with Crippen LogP contribution < -0.4 is 15.6 Å². The summed E-state index contributed by atoms with van der Waals surface area (Å²) >= 11 is 0. The fraction of sp³-hybridized carbons (Fsp3) is 0.314. The lowest BCUT2D eigenvalue weighted by atomic mass is 10.1. The van der Waals surface area contributed by atoms with Gasteiger partial charge < -0.3 is 19.4 Å². The van der Waals surface area contributed by atoms with E-state index < -0.39 is 0 Å². The summed E-state index contributed by atoms with van der Waals surface area (Å²) < 4.78 is 13.5. The van der Waals surface area contributed by atoms with E-state index in [9.17, 15) is 4.79 Å². The van der Waals surface area contributed by atoms with Crippen LogP contribution in [0.25, 0.3) is 22.4 Å². The molecule has 1 saturated carbocycles. The molecule has 5 aromatic rings. The quantitative estimate of drug-likeness (QED) is 0.237. The fourth-order valence-corrected chi connectivity index (χ4v) is 5.99. The third-order valence-corrected chi connectivity index (χ3v) is 8.34. The van der Waals surface area contributed by atoms with Crippen molar-refractivity contribution in [3.05, 3.63) is 94.9 Å². The van der Waals surface area contributed by atoms with Crippen molar-refractivity contribution in [1.82, 2.24) is 24.4 Å². The number of fused-ring (bicyclic) bond motifs is 1. The number of pyridine rings is 1. The fourth-order valence-electron chi connectivity index (χ4n) is 5.99. The van der Waals surface area contributed by atoms with E-state index in [1.807, 2.05) is 54.6 Å². The molecule has 2 fully saturated rings. The third-order valence-electron chi connectivity index (χ3n) is 8.34. The van der Waals surface area contributed by atoms with Gasteiger partial charge in [-0.2, -0.15) is 4.98 Å². The lowest BCUT2D eigenvalue weighted by Crippen LogP contribution is -2.25. The summed E-state index contributed by atoms with van der Waals surface area (Å²) in [5.74, 6) is 8.68. The SMILES string of the molecule is CN1CCC(Oc2ccc(Nc3ncc4cc(C#CC5CCCC5)c(=O)n(Cc5ncoc5-c5ccccc5)c4n3)cc2)C1. The summed E-state index contributed by atoms with van der Waals surface area (Å²) in [5, 5.41) is 4.00. The Morgan fingerprint density at radius 1 is 1.05 bits per heavy atom. The predicted molar refractivity (Wildman–Crippen MR) is 170 cm³/mol. The summed E-state index contributed by atoms with van der Waals surface area (Å²) in [6.45, 7) is 2.16. The number of benzene rings is 2. The van der Waals surface area contributed by atoms with Gasteiger partial charge in [-0.25, -0.2) is 9.97 Å². The van der Waals surface area contributed by atoms with Gasteiger partial charge in [0, 0.05) is 41.8 Å². The number of hydrogen-bond donors (Lipinski definition) is 1. The van der Waals surface area contributed by atoms with E-state index in [-0.39, 0.29) is 18.2 Å². The van der Waals surface area contributed by atoms with E-state index in [0.717, 1.165) is 54.7 Å². The molecule has 0 bridgehead atoms. The number of ether oxygens (including phenoxy) is 1. The Balaban J connectivity index is 1.21. The Bertz CT molecular complexity index is 1880. The number of oxazole rings is 1. The average Bonchev–Trinajstić information content (AvgIpc) is 3.82. The summed E-state index contributed by atoms with van der Waals surface area (Å²) in [6.07, 6.45) is 8.91. The van der Waals surface area contributed by atoms with Gasteiger partial charge >= 0.3 is 0 Å². The van der Waals surface area contributed by atoms with Gasteiger partial charge in [-0.15, -0.1) is 0 Å². The lowest BCUT2D eigenvalue weighted by Gasteiger charge is -2.14. The normalized spacial score (nSPS) is 17.1. The number of aromatic nitrogens is 4. The monoisotopic (exact) mass is 586 g/mol. The van der Waals surface area contributed by atoms with Gasteiger partial charge in [0.1, 0.15) is 23.2 Å². The van der Waals surface area contributed by atoms with Crippen molar-refractivity contribution in [3.63, 3.8) is 0 Å². The Labute approximate surface area is 255 Å². The van der Waals surface area contributed by atoms with Crippen LogP contribution in [0.4, 0.5) is 11.6 Å². The van der Waals surface area contributed by atoms with Crippen LogP contribution in [0, 0.1) is 17.8 Å². The molecule has 4 heterocycles. The molecule has 0 spiro atoms. The number of likely N-dealkylation sites (N-methyl/N-ethyl adjacent to an activating group) is 1. The third kappa shape index (κ3) is 6.08. The highest BCUT2D eigenvalue weighted by atomic mass is 16.5. The second kappa shape index (κ2) is 12.3. The molecule has 2 aromatic carbocycles. The van der Waals surface area contributed by atoms with Gasteiger partial charge in [-0.05, 0) is 56.6 Å². The number of hydrogen-bond acceptors (Lipinski definition) is 8. The van der Waals surface area contributed by atoms with Crippen LogP contribution in [-0.2, 0) is 6.54 Å². The number of nitrogens with zero attached hydrogens (tertiary/aromatic N) is 5.